The summed E-state index contributed by atoms with van der Waals surface area (Å²) >= 11 is 7.38. The molecule has 2 aromatic heterocycles. The van der Waals surface area contributed by atoms with Gasteiger partial charge in [-0.05, 0) is 306 Å². The first-order valence-corrected chi connectivity index (χ1v) is 50.2. The highest BCUT2D eigenvalue weighted by Crippen LogP contribution is 2.60. The van der Waals surface area contributed by atoms with Gasteiger partial charge in [0.25, 0.3) is 0 Å². The first-order valence-electron chi connectivity index (χ1n) is 49.0. The van der Waals surface area contributed by atoms with Gasteiger partial charge in [-0.1, -0.05) is 41.9 Å². The number of carbonyl (C=O) groups is 9. The molecular formula is C107H129ClN4O30S. The van der Waals surface area contributed by atoms with Crippen LogP contribution in [0.4, 0.5) is 0 Å². The van der Waals surface area contributed by atoms with E-state index in [0.29, 0.717) is 69.5 Å². The Morgan fingerprint density at radius 3 is 1.13 bits per heavy atom. The van der Waals surface area contributed by atoms with Crippen molar-refractivity contribution in [1.82, 2.24) is 19.7 Å². The zero-order chi connectivity index (χ0) is 102. The van der Waals surface area contributed by atoms with Gasteiger partial charge in [-0.2, -0.15) is 0 Å². The summed E-state index contributed by atoms with van der Waals surface area (Å²) in [5.41, 5.74) is -2.79. The lowest BCUT2D eigenvalue weighted by Crippen LogP contribution is -2.49. The van der Waals surface area contributed by atoms with Crippen LogP contribution in [0.2, 0.25) is 5.15 Å². The largest absolute Gasteiger partial charge is 0.497 e. The van der Waals surface area contributed by atoms with Crippen molar-refractivity contribution in [2.24, 2.45) is 0 Å². The van der Waals surface area contributed by atoms with Crippen LogP contribution >= 0.6 is 22.9 Å². The van der Waals surface area contributed by atoms with Crippen molar-refractivity contribution in [3.63, 3.8) is 0 Å². The molecule has 0 saturated carbocycles. The fourth-order valence-electron chi connectivity index (χ4n) is 23.1. The van der Waals surface area contributed by atoms with Crippen LogP contribution in [-0.2, 0) is 116 Å². The number of pyridine rings is 1. The van der Waals surface area contributed by atoms with Crippen molar-refractivity contribution in [3.8, 4) is 34.5 Å². The average Bonchev–Trinajstić information content (AvgIpc) is 1.56. The van der Waals surface area contributed by atoms with E-state index in [1.807, 2.05) is 85.1 Å². The van der Waals surface area contributed by atoms with E-state index in [9.17, 15) is 58.5 Å². The van der Waals surface area contributed by atoms with Crippen LogP contribution in [0.15, 0.2) is 132 Å². The van der Waals surface area contributed by atoms with E-state index in [0.717, 1.165) is 142 Å². The van der Waals surface area contributed by atoms with Crippen molar-refractivity contribution in [3.05, 3.63) is 192 Å². The lowest BCUT2D eigenvalue weighted by molar-refractivity contribution is -0.179. The number of halogens is 1. The minimum atomic E-state index is -2.23. The molecule has 9 aliphatic heterocycles. The first-order chi connectivity index (χ1) is 68.3. The third-order valence-corrected chi connectivity index (χ3v) is 31.5. The fraction of sp³-hybridized carbons (Fsp3) is 0.551. The van der Waals surface area contributed by atoms with E-state index in [1.54, 1.807) is 61.8 Å². The molecule has 0 unspecified atom stereocenters. The molecule has 36 heteroatoms. The second kappa shape index (κ2) is 42.6. The topological polar surface area (TPSA) is 403 Å². The van der Waals surface area contributed by atoms with Crippen molar-refractivity contribution in [2.75, 3.05) is 102 Å². The highest BCUT2D eigenvalue weighted by Gasteiger charge is 2.64. The lowest BCUT2D eigenvalue weighted by atomic mass is 9.77. The third-order valence-electron chi connectivity index (χ3n) is 30.2. The highest BCUT2D eigenvalue weighted by molar-refractivity contribution is 7.12. The van der Waals surface area contributed by atoms with Gasteiger partial charge in [0.1, 0.15) is 44.1 Å². The number of rotatable bonds is 34. The van der Waals surface area contributed by atoms with Gasteiger partial charge in [0, 0.05) is 25.8 Å². The quantitative estimate of drug-likeness (QED) is 0.0192. The number of aryl methyl sites for hydroxylation is 1. The molecule has 4 aromatic carbocycles. The summed E-state index contributed by atoms with van der Waals surface area (Å²) in [7, 11) is 8.24. The smallest absolute Gasteiger partial charge is 0.349 e. The van der Waals surface area contributed by atoms with E-state index in [2.05, 4.69) is 37.9 Å². The molecule has 12 aliphatic rings. The van der Waals surface area contributed by atoms with Gasteiger partial charge in [0.2, 0.25) is 20.4 Å². The van der Waals surface area contributed by atoms with Crippen LogP contribution in [-0.4, -0.2) is 260 Å². The summed E-state index contributed by atoms with van der Waals surface area (Å²) < 4.78 is 102. The number of aromatic nitrogens is 1. The van der Waals surface area contributed by atoms with Crippen LogP contribution in [0.1, 0.15) is 239 Å². The number of thiophene rings is 1. The minimum absolute atomic E-state index is 0.0222. The molecular weight excluding hydrogens is 1890 g/mol. The molecule has 770 valence electrons. The number of hydrogen-bond donors (Lipinski definition) is 3. The van der Waals surface area contributed by atoms with Crippen LogP contribution in [0.3, 0.4) is 0 Å². The molecule has 6 aromatic rings. The van der Waals surface area contributed by atoms with E-state index < -0.39 is 136 Å². The highest BCUT2D eigenvalue weighted by atomic mass is 35.5. The fourth-order valence-corrected chi connectivity index (χ4v) is 24.1. The molecule has 0 radical (unpaired) electrons. The summed E-state index contributed by atoms with van der Waals surface area (Å²) in [5.74, 6) is -2.14. The summed E-state index contributed by atoms with van der Waals surface area (Å²) in [5, 5.41) is 37.4. The summed E-state index contributed by atoms with van der Waals surface area (Å²) in [6.45, 7) is 17.9. The molecule has 0 bridgehead atoms. The van der Waals surface area contributed by atoms with Crippen LogP contribution in [0.25, 0.3) is 0 Å². The van der Waals surface area contributed by atoms with Gasteiger partial charge in [-0.25, -0.2) is 29.0 Å². The van der Waals surface area contributed by atoms with Gasteiger partial charge in [-0.15, -0.1) is 11.3 Å². The van der Waals surface area contributed by atoms with Gasteiger partial charge < -0.3 is 101 Å². The Hall–Kier alpha value is -11.6. The predicted molar refractivity (Wildman–Crippen MR) is 516 cm³/mol. The number of aliphatic hydroxyl groups is 3. The second-order valence-corrected chi connectivity index (χ2v) is 42.0. The number of benzene rings is 4. The van der Waals surface area contributed by atoms with Crippen LogP contribution < -0.4 is 28.4 Å². The maximum atomic E-state index is 14.1. The Morgan fingerprint density at radius 2 is 0.790 bits per heavy atom. The molecule has 12 atom stereocenters. The molecule has 3 N–H and O–H groups in total. The van der Waals surface area contributed by atoms with E-state index in [1.165, 1.54) is 52.0 Å². The Morgan fingerprint density at radius 1 is 0.441 bits per heavy atom. The van der Waals surface area contributed by atoms with Gasteiger partial charge in [-0.3, -0.25) is 33.9 Å². The summed E-state index contributed by atoms with van der Waals surface area (Å²) in [4.78, 5) is 130. The maximum absolute atomic E-state index is 14.1. The predicted octanol–water partition coefficient (Wildman–Crippen LogP) is 13.7. The number of hydrogen-bond acceptors (Lipinski definition) is 35. The van der Waals surface area contributed by atoms with Crippen molar-refractivity contribution < 1.29 is 144 Å². The number of fused-ring (bicyclic) bond motifs is 9. The number of esters is 9. The SMILES string of the molecule is COC(=O)C[C@](O)(CCCC(C)(C)OC(=O)Cc1ccccc1)C(=O)O[C@@H]1C(OC)=C[C@]23CCCN2CCc2cc4c(cc2[C@H]13)OCO4.COC(=O)C[C@](O)(CCCC(C)(C)OC(=O)c1cccnc1Cl)C(=O)O[C@@H]1C(OC)=C[C@]23CCCN2CCc2cc4c(cc2[C@H]13)OCO4.COC(=O)C[C@](O)(CCCC(C)(C)OC(=O)c1sccc1C)C(=O)O[C@@H]1C(OC)=C[C@]23CCCN2CCc2cc4c(cc2[C@H]13)OCO4. The summed E-state index contributed by atoms with van der Waals surface area (Å²) in [6.07, 6.45) is 12.4. The zero-order valence-electron chi connectivity index (χ0n) is 83.3. The van der Waals surface area contributed by atoms with Gasteiger partial charge in [0.05, 0.1) is 108 Å². The Labute approximate surface area is 840 Å². The molecule has 0 amide bonds. The molecule has 34 nitrogen and oxygen atoms in total. The summed E-state index contributed by atoms with van der Waals surface area (Å²) in [6, 6.07) is 26.2. The molecule has 11 heterocycles. The minimum Gasteiger partial charge on any atom is -0.497 e. The van der Waals surface area contributed by atoms with E-state index >= 15 is 0 Å². The lowest BCUT2D eigenvalue weighted by Gasteiger charge is -2.39. The molecule has 3 saturated heterocycles. The monoisotopic (exact) mass is 2020 g/mol. The van der Waals surface area contributed by atoms with E-state index in [-0.39, 0.29) is 106 Å². The first kappa shape index (κ1) is 104. The van der Waals surface area contributed by atoms with Crippen LogP contribution in [0.5, 0.6) is 34.5 Å². The Balaban J connectivity index is 0.000000154. The average molecular weight is 2020 g/mol. The molecule has 143 heavy (non-hydrogen) atoms. The van der Waals surface area contributed by atoms with Gasteiger partial charge in [0.15, 0.2) is 69.6 Å². The standard InChI is InChI=1S/C37H45NO10.C35H41ClN2O10.C35H43NO10S/c1-35(2,48-30(39)18-24-10-6-5-7-11-24)13-8-15-37(42,22-31(40)44-4)34(41)47-33-29(43-3)21-36-14-9-16-38(36)17-12-25-19-27-28(46-23-45-27)20-26(25)32(33)36;1-33(2,48-31(40)22-8-5-13-37-30(22)36)10-6-12-35(42,19-27(39)44-4)32(41)47-29-26(43-3)18-34-11-7-14-38(34)15-9-21-16-24-25(46-20-45-24)17-23(21)28(29)34;1-21-9-15-47-30(21)31(38)46-33(2,3)10-6-12-35(40,19-27(37)42-5)32(39)45-29-26(41-4)18-34-11-7-13-36(34)14-8-22-16-24-25(44-20-43-24)17-23(22)28(29)34/h5-7,10-11,19-21,32-33,42H,8-9,12-18,22-23H2,1-4H3;5,8,13,16-18,28-29,42H,6-7,9-12,14-15,19-20H2,1-4H3;9,15-18,28-29,40H,6-8,10-14,19-20H2,1-5H3/t32-,33-,36+,37-;2*28-,29-,34+,35-/m111/s1. The normalized spacial score (nSPS) is 24.0. The third kappa shape index (κ3) is 21.8. The number of carbonyl (C=O) groups excluding carboxylic acids is 9. The van der Waals surface area contributed by atoms with Crippen molar-refractivity contribution in [2.45, 2.75) is 276 Å². The van der Waals surface area contributed by atoms with Crippen molar-refractivity contribution in [1.29, 1.82) is 0 Å². The van der Waals surface area contributed by atoms with Gasteiger partial charge >= 0.3 is 53.7 Å². The molecule has 3 fully saturated rings. The van der Waals surface area contributed by atoms with E-state index in [4.69, 9.17) is 96.9 Å². The zero-order valence-corrected chi connectivity index (χ0v) is 84.9. The number of nitrogens with zero attached hydrogens (tertiary/aromatic N) is 4. The van der Waals surface area contributed by atoms with Crippen LogP contribution in [0, 0.1) is 6.92 Å². The second-order valence-electron chi connectivity index (χ2n) is 40.8. The number of methoxy groups -OCH3 is 6. The molecule has 3 spiro atoms. The molecule has 3 aliphatic carbocycles. The van der Waals surface area contributed by atoms with Crippen molar-refractivity contribution >= 4 is 76.7 Å². The number of ether oxygens (including phenoxy) is 18. The molecule has 18 rings (SSSR count). The Kier molecular flexibility index (Phi) is 31.1. The maximum Gasteiger partial charge on any atom is 0.349 e. The Bertz CT molecular complexity index is 5900.